The topological polar surface area (TPSA) is 118 Å². The van der Waals surface area contributed by atoms with Crippen molar-refractivity contribution in [3.63, 3.8) is 0 Å². The van der Waals surface area contributed by atoms with Crippen LogP contribution in [0.15, 0.2) is 33.9 Å². The Balaban J connectivity index is 2.84. The Bertz CT molecular complexity index is 716. The van der Waals surface area contributed by atoms with Gasteiger partial charge in [-0.1, -0.05) is 12.1 Å². The molecule has 0 bridgehead atoms. The highest BCUT2D eigenvalue weighted by Gasteiger charge is 2.19. The van der Waals surface area contributed by atoms with Crippen molar-refractivity contribution in [2.75, 3.05) is 6.61 Å². The Morgan fingerprint density at radius 3 is 2.72 bits per heavy atom. The summed E-state index contributed by atoms with van der Waals surface area (Å²) in [6.45, 7) is -0.605. The largest absolute Gasteiger partial charge is 0.394 e. The number of benzene rings is 1. The van der Waals surface area contributed by atoms with Crippen molar-refractivity contribution in [3.8, 4) is 0 Å². The molecule has 94 valence electrons. The van der Waals surface area contributed by atoms with Crippen LogP contribution < -0.4 is 16.9 Å². The molecule has 0 aliphatic carbocycles. The Labute approximate surface area is 100 Å². The van der Waals surface area contributed by atoms with Gasteiger partial charge in [0, 0.05) is 0 Å². The van der Waals surface area contributed by atoms with E-state index in [-0.39, 0.29) is 5.52 Å². The quantitative estimate of drug-likeness (QED) is 0.569. The van der Waals surface area contributed by atoms with Gasteiger partial charge in [0.15, 0.2) is 0 Å². The summed E-state index contributed by atoms with van der Waals surface area (Å²) in [6, 6.07) is 5.10. The lowest BCUT2D eigenvalue weighted by molar-refractivity contribution is 0.0842. The number of aromatic nitrogens is 2. The van der Waals surface area contributed by atoms with Gasteiger partial charge < -0.3 is 15.8 Å². The fraction of sp³-hybridized carbons (Fsp3) is 0.182. The molecule has 0 saturated carbocycles. The maximum absolute atomic E-state index is 11.9. The summed E-state index contributed by atoms with van der Waals surface area (Å²) in [7, 11) is 0. The smallest absolute Gasteiger partial charge is 0.323 e. The van der Waals surface area contributed by atoms with E-state index in [0.29, 0.717) is 10.1 Å². The van der Waals surface area contributed by atoms with Gasteiger partial charge in [0.05, 0.1) is 17.6 Å². The number of H-pyrrole nitrogens is 1. The highest BCUT2D eigenvalue weighted by Crippen LogP contribution is 2.07. The third kappa shape index (κ3) is 1.85. The number of nitrogens with two attached hydrogens (primary N) is 1. The molecule has 0 fully saturated rings. The monoisotopic (exact) mass is 249 g/mol. The average molecular weight is 249 g/mol. The van der Waals surface area contributed by atoms with Crippen LogP contribution in [-0.4, -0.2) is 33.2 Å². The zero-order valence-electron chi connectivity index (χ0n) is 9.29. The Hall–Kier alpha value is -2.25. The molecular formula is C11H11N3O4. The van der Waals surface area contributed by atoms with Gasteiger partial charge in [0.25, 0.3) is 5.91 Å². The first kappa shape index (κ1) is 12.2. The number of aliphatic hydroxyl groups is 1. The predicted octanol–water partition coefficient (Wildman–Crippen LogP) is -1.35. The highest BCUT2D eigenvalue weighted by atomic mass is 16.3. The zero-order chi connectivity index (χ0) is 13.3. The number of fused-ring (bicyclic) bond motifs is 1. The average Bonchev–Trinajstić information content (AvgIpc) is 2.38. The normalized spacial score (nSPS) is 12.6. The molecule has 4 N–H and O–H groups in total. The second kappa shape index (κ2) is 4.55. The number of nitrogens with zero attached hydrogens (tertiary/aromatic N) is 1. The molecular weight excluding hydrogens is 238 g/mol. The van der Waals surface area contributed by atoms with Crippen LogP contribution >= 0.6 is 0 Å². The second-order valence-electron chi connectivity index (χ2n) is 3.74. The molecule has 0 spiro atoms. The summed E-state index contributed by atoms with van der Waals surface area (Å²) in [5.74, 6) is -0.815. The van der Waals surface area contributed by atoms with E-state index in [1.807, 2.05) is 0 Å². The van der Waals surface area contributed by atoms with Gasteiger partial charge in [-0.2, -0.15) is 0 Å². The summed E-state index contributed by atoms with van der Waals surface area (Å²) in [5.41, 5.74) is 4.06. The van der Waals surface area contributed by atoms with E-state index in [1.165, 1.54) is 6.07 Å². The summed E-state index contributed by atoms with van der Waals surface area (Å²) in [5, 5.41) is 8.85. The molecule has 7 nitrogen and oxygen atoms in total. The first-order chi connectivity index (χ1) is 8.56. The number of aromatic amines is 1. The molecule has 1 aromatic carbocycles. The number of rotatable bonds is 2. The van der Waals surface area contributed by atoms with Crippen LogP contribution in [-0.2, 0) is 0 Å². The maximum Gasteiger partial charge on any atom is 0.323 e. The summed E-state index contributed by atoms with van der Waals surface area (Å²) in [6.07, 6.45) is 0. The minimum absolute atomic E-state index is 0.246. The number of hydrogen-bond donors (Lipinski definition) is 3. The molecule has 2 aromatic rings. The van der Waals surface area contributed by atoms with Crippen molar-refractivity contribution in [2.24, 2.45) is 5.73 Å². The van der Waals surface area contributed by atoms with Crippen LogP contribution in [0.4, 0.5) is 0 Å². The molecule has 0 saturated heterocycles. The first-order valence-electron chi connectivity index (χ1n) is 5.21. The fourth-order valence-electron chi connectivity index (χ4n) is 1.62. The number of para-hydroxylation sites is 2. The van der Waals surface area contributed by atoms with Gasteiger partial charge in [-0.25, -0.2) is 4.57 Å². The SMILES string of the molecule is N[C@H](CO)C(=O)n1c(=O)c(=O)[nH]c2ccccc21. The zero-order valence-corrected chi connectivity index (χ0v) is 9.29. The van der Waals surface area contributed by atoms with E-state index < -0.39 is 29.7 Å². The third-order valence-corrected chi connectivity index (χ3v) is 2.52. The molecule has 1 atom stereocenters. The van der Waals surface area contributed by atoms with Gasteiger partial charge in [-0.05, 0) is 12.1 Å². The Morgan fingerprint density at radius 1 is 1.39 bits per heavy atom. The number of aliphatic hydroxyl groups excluding tert-OH is 1. The van der Waals surface area contributed by atoms with E-state index in [0.717, 1.165) is 0 Å². The van der Waals surface area contributed by atoms with Crippen LogP contribution in [0.2, 0.25) is 0 Å². The minimum Gasteiger partial charge on any atom is -0.394 e. The Kier molecular flexibility index (Phi) is 3.09. The third-order valence-electron chi connectivity index (χ3n) is 2.52. The molecule has 0 amide bonds. The lowest BCUT2D eigenvalue weighted by atomic mass is 10.2. The molecule has 1 aromatic heterocycles. The number of nitrogens with one attached hydrogen (secondary N) is 1. The molecule has 7 heteroatoms. The molecule has 18 heavy (non-hydrogen) atoms. The summed E-state index contributed by atoms with van der Waals surface area (Å²) in [4.78, 5) is 37.4. The summed E-state index contributed by atoms with van der Waals surface area (Å²) >= 11 is 0. The van der Waals surface area contributed by atoms with Crippen LogP contribution in [0.5, 0.6) is 0 Å². The number of carbonyl (C=O) groups excluding carboxylic acids is 1. The maximum atomic E-state index is 11.9. The van der Waals surface area contributed by atoms with Gasteiger partial charge in [-0.15, -0.1) is 0 Å². The predicted molar refractivity (Wildman–Crippen MR) is 64.5 cm³/mol. The first-order valence-corrected chi connectivity index (χ1v) is 5.21. The van der Waals surface area contributed by atoms with Gasteiger partial charge in [-0.3, -0.25) is 14.4 Å². The lowest BCUT2D eigenvalue weighted by Gasteiger charge is -2.11. The Morgan fingerprint density at radius 2 is 2.06 bits per heavy atom. The van der Waals surface area contributed by atoms with Gasteiger partial charge in [0.1, 0.15) is 6.04 Å². The van der Waals surface area contributed by atoms with Crippen molar-refractivity contribution in [3.05, 3.63) is 45.0 Å². The van der Waals surface area contributed by atoms with Gasteiger partial charge in [0.2, 0.25) is 0 Å². The molecule has 2 rings (SSSR count). The van der Waals surface area contributed by atoms with Crippen LogP contribution in [0.1, 0.15) is 4.79 Å². The molecule has 0 radical (unpaired) electrons. The highest BCUT2D eigenvalue weighted by molar-refractivity contribution is 5.92. The number of hydrogen-bond acceptors (Lipinski definition) is 5. The molecule has 0 unspecified atom stereocenters. The van der Waals surface area contributed by atoms with E-state index in [1.54, 1.807) is 18.2 Å². The molecule has 0 aliphatic heterocycles. The lowest BCUT2D eigenvalue weighted by Crippen LogP contribution is -2.47. The van der Waals surface area contributed by atoms with Crippen molar-refractivity contribution in [1.29, 1.82) is 0 Å². The van der Waals surface area contributed by atoms with Crippen LogP contribution in [0.3, 0.4) is 0 Å². The summed E-state index contributed by atoms with van der Waals surface area (Å²) < 4.78 is 0.690. The minimum atomic E-state index is -1.24. The van der Waals surface area contributed by atoms with Crippen LogP contribution in [0, 0.1) is 0 Å². The fourth-order valence-corrected chi connectivity index (χ4v) is 1.62. The van der Waals surface area contributed by atoms with E-state index in [9.17, 15) is 14.4 Å². The molecule has 0 aliphatic rings. The second-order valence-corrected chi connectivity index (χ2v) is 3.74. The van der Waals surface area contributed by atoms with Crippen molar-refractivity contribution >= 4 is 16.9 Å². The van der Waals surface area contributed by atoms with E-state index in [4.69, 9.17) is 10.8 Å². The van der Waals surface area contributed by atoms with Crippen LogP contribution in [0.25, 0.3) is 11.0 Å². The standard InChI is InChI=1S/C11H11N3O4/c12-6(5-15)10(17)14-8-4-2-1-3-7(8)13-9(16)11(14)18/h1-4,6,15H,5,12H2,(H,13,16)/t6-/m1/s1. The van der Waals surface area contributed by atoms with Crippen molar-refractivity contribution < 1.29 is 9.90 Å². The van der Waals surface area contributed by atoms with E-state index in [2.05, 4.69) is 4.98 Å². The van der Waals surface area contributed by atoms with Crippen molar-refractivity contribution in [1.82, 2.24) is 9.55 Å². The van der Waals surface area contributed by atoms with E-state index >= 15 is 0 Å². The number of carbonyl (C=O) groups is 1. The molecule has 1 heterocycles. The van der Waals surface area contributed by atoms with Gasteiger partial charge >= 0.3 is 11.1 Å². The van der Waals surface area contributed by atoms with Crippen molar-refractivity contribution in [2.45, 2.75) is 6.04 Å².